The number of nitrogens with zero attached hydrogens (tertiary/aromatic N) is 2. The standard InChI is InChI=1S/C22H31N4O.CH3.U/c1-4-6-7-13-24-22(25-20(23)5-2)21-17(3)12-14-26(21)15-18-8-10-19(16-27)11-9-18;;/h8,10-12,14,24,27H,3-7,13,15-16H2,1-2H3,(H2,23,25);1H3;/q2*-1;+2/b22-21+;;. The van der Waals surface area contributed by atoms with Gasteiger partial charge in [-0.25, -0.2) is 4.99 Å². The molecule has 1 aromatic heterocycles. The molecule has 0 aliphatic rings. The largest absolute Gasteiger partial charge is 2.00 e. The first-order valence-corrected chi connectivity index (χ1v) is 9.64. The van der Waals surface area contributed by atoms with Gasteiger partial charge in [0, 0.05) is 32.3 Å². The molecule has 0 atom stereocenters. The van der Waals surface area contributed by atoms with Gasteiger partial charge in [-0.15, -0.1) is 11.1 Å². The molecule has 2 aromatic rings. The van der Waals surface area contributed by atoms with Crippen molar-refractivity contribution in [3.8, 4) is 0 Å². The monoisotopic (exact) mass is 620 g/mol. The van der Waals surface area contributed by atoms with Gasteiger partial charge >= 0.3 is 31.1 Å². The SMILES string of the molecule is C=c1ccn(Cc2[c-]cc(CO)cc2)/c1=C(/N=C(/N)CC)NCCCCC.[CH3-].[U+2]. The van der Waals surface area contributed by atoms with Crippen LogP contribution >= 0.6 is 0 Å². The number of benzene rings is 1. The van der Waals surface area contributed by atoms with Crippen molar-refractivity contribution in [3.63, 3.8) is 0 Å². The number of aromatic nitrogens is 1. The number of hydrogen-bond donors (Lipinski definition) is 3. The minimum Gasteiger partial charge on any atom is -0.404 e. The summed E-state index contributed by atoms with van der Waals surface area (Å²) in [6, 6.07) is 10.9. The fourth-order valence-electron chi connectivity index (χ4n) is 2.79. The summed E-state index contributed by atoms with van der Waals surface area (Å²) in [5.74, 6) is 1.37. The third-order valence-electron chi connectivity index (χ3n) is 4.43. The Kier molecular flexibility index (Phi) is 13.8. The van der Waals surface area contributed by atoms with E-state index in [1.807, 2.05) is 37.4 Å². The van der Waals surface area contributed by atoms with Crippen LogP contribution in [0.15, 0.2) is 35.5 Å². The topological polar surface area (TPSA) is 75.6 Å². The van der Waals surface area contributed by atoms with Gasteiger partial charge in [-0.3, -0.25) is 0 Å². The molecular weight excluding hydrogens is 586 g/mol. The van der Waals surface area contributed by atoms with Gasteiger partial charge < -0.3 is 28.2 Å². The Labute approximate surface area is 199 Å². The predicted molar refractivity (Wildman–Crippen MR) is 119 cm³/mol. The Morgan fingerprint density at radius 1 is 1.28 bits per heavy atom. The van der Waals surface area contributed by atoms with Crippen molar-refractivity contribution in [2.24, 2.45) is 10.7 Å². The van der Waals surface area contributed by atoms with E-state index in [9.17, 15) is 5.11 Å². The number of aliphatic imine (C=N–C) groups is 1. The average molecular weight is 621 g/mol. The molecule has 5 nitrogen and oxygen atoms in total. The Morgan fingerprint density at radius 2 is 2.03 bits per heavy atom. The molecule has 4 N–H and O–H groups in total. The molecular formula is C23H34N4OU. The molecule has 0 aliphatic carbocycles. The van der Waals surface area contributed by atoms with E-state index in [2.05, 4.69) is 34.4 Å². The Balaban J connectivity index is 0.00000392. The van der Waals surface area contributed by atoms with E-state index in [0.717, 1.165) is 40.5 Å². The van der Waals surface area contributed by atoms with Gasteiger partial charge in [0.2, 0.25) is 0 Å². The van der Waals surface area contributed by atoms with Gasteiger partial charge in [-0.05, 0) is 17.7 Å². The van der Waals surface area contributed by atoms with Crippen LogP contribution in [0.4, 0.5) is 0 Å². The first-order chi connectivity index (χ1) is 13.1. The van der Waals surface area contributed by atoms with Gasteiger partial charge in [-0.2, -0.15) is 24.3 Å². The van der Waals surface area contributed by atoms with Crippen LogP contribution in [0, 0.1) is 44.6 Å². The van der Waals surface area contributed by atoms with Crippen LogP contribution in [-0.4, -0.2) is 22.1 Å². The predicted octanol–water partition coefficient (Wildman–Crippen LogP) is 2.30. The van der Waals surface area contributed by atoms with Crippen molar-refractivity contribution in [1.29, 1.82) is 0 Å². The van der Waals surface area contributed by atoms with Crippen molar-refractivity contribution in [1.82, 2.24) is 9.88 Å². The van der Waals surface area contributed by atoms with E-state index in [4.69, 9.17) is 5.73 Å². The molecule has 0 fully saturated rings. The fourth-order valence-corrected chi connectivity index (χ4v) is 2.79. The third kappa shape index (κ3) is 8.42. The van der Waals surface area contributed by atoms with Crippen molar-refractivity contribution in [3.05, 3.63) is 65.7 Å². The van der Waals surface area contributed by atoms with Gasteiger partial charge in [0.25, 0.3) is 0 Å². The van der Waals surface area contributed by atoms with E-state index in [-0.39, 0.29) is 45.1 Å². The maximum absolute atomic E-state index is 9.19. The van der Waals surface area contributed by atoms with E-state index in [1.54, 1.807) is 0 Å². The summed E-state index contributed by atoms with van der Waals surface area (Å²) in [6.07, 6.45) is 6.15. The number of hydrogen-bond acceptors (Lipinski definition) is 3. The molecule has 6 heteroatoms. The number of nitrogens with two attached hydrogens (primary N) is 1. The maximum atomic E-state index is 9.19. The number of aliphatic hydroxyl groups excluding tert-OH is 1. The van der Waals surface area contributed by atoms with Crippen LogP contribution in [0.1, 0.15) is 50.7 Å². The molecule has 0 spiro atoms. The molecule has 156 valence electrons. The van der Waals surface area contributed by atoms with Crippen molar-refractivity contribution in [2.45, 2.75) is 52.7 Å². The normalized spacial score (nSPS) is 12.0. The second-order valence-corrected chi connectivity index (χ2v) is 6.64. The first kappa shape index (κ1) is 27.5. The fraction of sp³-hybridized carbons (Fsp3) is 0.391. The summed E-state index contributed by atoms with van der Waals surface area (Å²) in [6.45, 7) is 9.89. The van der Waals surface area contributed by atoms with Gasteiger partial charge in [0.05, 0.1) is 5.35 Å². The van der Waals surface area contributed by atoms with E-state index >= 15 is 0 Å². The summed E-state index contributed by atoms with van der Waals surface area (Å²) < 4.78 is 2.11. The third-order valence-corrected chi connectivity index (χ3v) is 4.43. The summed E-state index contributed by atoms with van der Waals surface area (Å²) in [5.41, 5.74) is 7.91. The molecule has 1 heterocycles. The molecule has 29 heavy (non-hydrogen) atoms. The van der Waals surface area contributed by atoms with Gasteiger partial charge in [0.15, 0.2) is 5.82 Å². The Morgan fingerprint density at radius 3 is 2.62 bits per heavy atom. The van der Waals surface area contributed by atoms with Crippen LogP contribution in [0.2, 0.25) is 0 Å². The molecule has 0 saturated heterocycles. The second-order valence-electron chi connectivity index (χ2n) is 6.64. The molecule has 1 aromatic carbocycles. The van der Waals surface area contributed by atoms with Crippen LogP contribution < -0.4 is 21.6 Å². The quantitative estimate of drug-likeness (QED) is 0.165. The minimum absolute atomic E-state index is 0. The number of unbranched alkanes of at least 4 members (excludes halogenated alkanes) is 2. The molecule has 2 rings (SSSR count). The molecule has 0 bridgehead atoms. The number of nitrogens with one attached hydrogen (secondary N) is 1. The van der Waals surface area contributed by atoms with Crippen LogP contribution in [-0.2, 0) is 13.2 Å². The maximum Gasteiger partial charge on any atom is 2.00 e. The number of amidine groups is 1. The molecule has 0 amide bonds. The average Bonchev–Trinajstić information content (AvgIpc) is 3.04. The zero-order chi connectivity index (χ0) is 19.6. The summed E-state index contributed by atoms with van der Waals surface area (Å²) >= 11 is 0. The smallest absolute Gasteiger partial charge is 0.404 e. The summed E-state index contributed by atoms with van der Waals surface area (Å²) in [5, 5.41) is 14.5. The summed E-state index contributed by atoms with van der Waals surface area (Å²) in [4.78, 5) is 4.62. The number of aliphatic hydroxyl groups is 1. The molecule has 0 radical (unpaired) electrons. The van der Waals surface area contributed by atoms with Crippen LogP contribution in [0.25, 0.3) is 12.4 Å². The second kappa shape index (κ2) is 14.5. The molecule has 0 saturated carbocycles. The zero-order valence-corrected chi connectivity index (χ0v) is 22.1. The van der Waals surface area contributed by atoms with Gasteiger partial charge in [-0.1, -0.05) is 33.3 Å². The van der Waals surface area contributed by atoms with Crippen LogP contribution in [0.5, 0.6) is 0 Å². The van der Waals surface area contributed by atoms with Crippen molar-refractivity contribution < 1.29 is 36.2 Å². The number of rotatable bonds is 10. The van der Waals surface area contributed by atoms with Gasteiger partial charge in [0.1, 0.15) is 5.84 Å². The zero-order valence-electron chi connectivity index (χ0n) is 18.0. The van der Waals surface area contributed by atoms with Crippen molar-refractivity contribution >= 4 is 18.2 Å². The van der Waals surface area contributed by atoms with E-state index in [1.165, 1.54) is 12.8 Å². The molecule has 0 unspecified atom stereocenters. The first-order valence-electron chi connectivity index (χ1n) is 9.64. The Hall–Kier alpha value is -1.48. The van der Waals surface area contributed by atoms with Crippen molar-refractivity contribution in [2.75, 3.05) is 6.54 Å². The Bertz CT molecular complexity index is 856. The minimum atomic E-state index is 0. The van der Waals surface area contributed by atoms with E-state index < -0.39 is 0 Å². The van der Waals surface area contributed by atoms with E-state index in [0.29, 0.717) is 18.8 Å². The molecule has 0 aliphatic heterocycles. The van der Waals surface area contributed by atoms with Crippen LogP contribution in [0.3, 0.4) is 0 Å². The summed E-state index contributed by atoms with van der Waals surface area (Å²) in [7, 11) is 0.